The molecule has 1 heterocycles. The van der Waals surface area contributed by atoms with Crippen LogP contribution in [0.2, 0.25) is 0 Å². The van der Waals surface area contributed by atoms with Crippen molar-refractivity contribution >= 4 is 0 Å². The third-order valence-electron chi connectivity index (χ3n) is 1.72. The lowest BCUT2D eigenvalue weighted by Gasteiger charge is -2.18. The van der Waals surface area contributed by atoms with E-state index in [4.69, 9.17) is 0 Å². The first-order valence-corrected chi connectivity index (χ1v) is 4.58. The molecule has 5 heteroatoms. The van der Waals surface area contributed by atoms with Gasteiger partial charge in [-0.25, -0.2) is 8.78 Å². The minimum absolute atomic E-state index is 0.0681. The fraction of sp³-hybridized carbons (Fsp3) is 0.667. The maximum absolute atomic E-state index is 13.2. The molecule has 0 aromatic carbocycles. The van der Waals surface area contributed by atoms with Crippen molar-refractivity contribution in [2.24, 2.45) is 0 Å². The molecule has 1 aromatic rings. The van der Waals surface area contributed by atoms with Gasteiger partial charge in [0.05, 0.1) is 6.54 Å². The fourth-order valence-corrected chi connectivity index (χ4v) is 1.04. The molecule has 0 saturated heterocycles. The first-order chi connectivity index (χ1) is 6.49. The quantitative estimate of drug-likeness (QED) is 0.786. The van der Waals surface area contributed by atoms with Gasteiger partial charge in [0.15, 0.2) is 0 Å². The van der Waals surface area contributed by atoms with Gasteiger partial charge in [-0.05, 0) is 6.07 Å². The molecule has 0 unspecified atom stereocenters. The fourth-order valence-electron chi connectivity index (χ4n) is 1.04. The van der Waals surface area contributed by atoms with E-state index < -0.39 is 5.92 Å². The highest BCUT2D eigenvalue weighted by Crippen LogP contribution is 2.14. The zero-order valence-electron chi connectivity index (χ0n) is 8.37. The van der Waals surface area contributed by atoms with Crippen molar-refractivity contribution in [3.63, 3.8) is 0 Å². The number of halogens is 2. The SMILES string of the molecule is CC(C)NCC(F)(F)Cn1cccn1. The Morgan fingerprint density at radius 3 is 2.71 bits per heavy atom. The second kappa shape index (κ2) is 4.50. The standard InChI is InChI=1S/C9H15F2N3/c1-8(2)12-6-9(10,11)7-14-5-3-4-13-14/h3-5,8,12H,6-7H2,1-2H3. The van der Waals surface area contributed by atoms with E-state index in [-0.39, 0.29) is 19.1 Å². The molecule has 0 amide bonds. The first kappa shape index (κ1) is 11.1. The van der Waals surface area contributed by atoms with Gasteiger partial charge in [-0.3, -0.25) is 4.68 Å². The summed E-state index contributed by atoms with van der Waals surface area (Å²) in [6, 6.07) is 1.70. The monoisotopic (exact) mass is 203 g/mol. The smallest absolute Gasteiger partial charge is 0.279 e. The summed E-state index contributed by atoms with van der Waals surface area (Å²) in [4.78, 5) is 0. The number of nitrogens with zero attached hydrogens (tertiary/aromatic N) is 2. The molecular weight excluding hydrogens is 188 g/mol. The Hall–Kier alpha value is -0.970. The summed E-state index contributed by atoms with van der Waals surface area (Å²) >= 11 is 0. The van der Waals surface area contributed by atoms with Crippen LogP contribution in [-0.2, 0) is 6.54 Å². The second-order valence-corrected chi connectivity index (χ2v) is 3.60. The number of rotatable bonds is 5. The lowest BCUT2D eigenvalue weighted by atomic mass is 10.3. The van der Waals surface area contributed by atoms with Gasteiger partial charge >= 0.3 is 0 Å². The molecule has 0 atom stereocenters. The Bertz CT molecular complexity index is 257. The maximum atomic E-state index is 13.2. The van der Waals surface area contributed by atoms with Crippen LogP contribution in [0.15, 0.2) is 18.5 Å². The van der Waals surface area contributed by atoms with Crippen LogP contribution in [0.3, 0.4) is 0 Å². The van der Waals surface area contributed by atoms with E-state index in [1.165, 1.54) is 17.1 Å². The van der Waals surface area contributed by atoms with E-state index in [1.54, 1.807) is 6.07 Å². The highest BCUT2D eigenvalue weighted by atomic mass is 19.3. The van der Waals surface area contributed by atoms with Crippen LogP contribution in [0.25, 0.3) is 0 Å². The summed E-state index contributed by atoms with van der Waals surface area (Å²) in [6.45, 7) is 2.98. The molecule has 14 heavy (non-hydrogen) atoms. The third-order valence-corrected chi connectivity index (χ3v) is 1.72. The van der Waals surface area contributed by atoms with E-state index in [2.05, 4.69) is 10.4 Å². The summed E-state index contributed by atoms with van der Waals surface area (Å²) in [7, 11) is 0. The molecule has 0 radical (unpaired) electrons. The van der Waals surface area contributed by atoms with Gasteiger partial charge in [0.2, 0.25) is 0 Å². The second-order valence-electron chi connectivity index (χ2n) is 3.60. The number of alkyl halides is 2. The highest BCUT2D eigenvalue weighted by Gasteiger charge is 2.29. The van der Waals surface area contributed by atoms with E-state index >= 15 is 0 Å². The van der Waals surface area contributed by atoms with Crippen molar-refractivity contribution in [1.82, 2.24) is 15.1 Å². The van der Waals surface area contributed by atoms with Crippen molar-refractivity contribution < 1.29 is 8.78 Å². The third kappa shape index (κ3) is 3.83. The van der Waals surface area contributed by atoms with Crippen LogP contribution >= 0.6 is 0 Å². The Morgan fingerprint density at radius 1 is 1.50 bits per heavy atom. The van der Waals surface area contributed by atoms with Crippen molar-refractivity contribution in [1.29, 1.82) is 0 Å². The predicted octanol–water partition coefficient (Wildman–Crippen LogP) is 1.52. The van der Waals surface area contributed by atoms with Crippen LogP contribution < -0.4 is 5.32 Å². The summed E-state index contributed by atoms with van der Waals surface area (Å²) in [5, 5.41) is 6.44. The van der Waals surface area contributed by atoms with Gasteiger partial charge < -0.3 is 5.32 Å². The topological polar surface area (TPSA) is 29.9 Å². The van der Waals surface area contributed by atoms with Crippen molar-refractivity contribution in [2.75, 3.05) is 6.54 Å². The van der Waals surface area contributed by atoms with E-state index in [1.807, 2.05) is 13.8 Å². The zero-order chi connectivity index (χ0) is 10.6. The van der Waals surface area contributed by atoms with Gasteiger partial charge in [-0.15, -0.1) is 0 Å². The van der Waals surface area contributed by atoms with E-state index in [9.17, 15) is 8.78 Å². The highest BCUT2D eigenvalue weighted by molar-refractivity contribution is 4.81. The average Bonchev–Trinajstić information content (AvgIpc) is 2.53. The number of aromatic nitrogens is 2. The molecular formula is C9H15F2N3. The lowest BCUT2D eigenvalue weighted by molar-refractivity contribution is -0.0194. The van der Waals surface area contributed by atoms with Crippen LogP contribution in [0.5, 0.6) is 0 Å². The van der Waals surface area contributed by atoms with E-state index in [0.717, 1.165) is 0 Å². The maximum Gasteiger partial charge on any atom is 0.279 e. The van der Waals surface area contributed by atoms with Gasteiger partial charge in [0.1, 0.15) is 6.54 Å². The summed E-state index contributed by atoms with van der Waals surface area (Å²) in [5.41, 5.74) is 0. The molecule has 0 spiro atoms. The average molecular weight is 203 g/mol. The van der Waals surface area contributed by atoms with Gasteiger partial charge in [0, 0.05) is 18.4 Å². The Labute approximate surface area is 82.1 Å². The van der Waals surface area contributed by atoms with Crippen LogP contribution in [0.4, 0.5) is 8.78 Å². The van der Waals surface area contributed by atoms with Crippen molar-refractivity contribution in [2.45, 2.75) is 32.4 Å². The van der Waals surface area contributed by atoms with Gasteiger partial charge in [-0.2, -0.15) is 5.10 Å². The molecule has 3 nitrogen and oxygen atoms in total. The molecule has 1 rings (SSSR count). The number of hydrogen-bond acceptors (Lipinski definition) is 2. The normalized spacial score (nSPS) is 12.4. The van der Waals surface area contributed by atoms with Crippen LogP contribution in [0.1, 0.15) is 13.8 Å². The Morgan fingerprint density at radius 2 is 2.21 bits per heavy atom. The molecule has 80 valence electrons. The predicted molar refractivity (Wildman–Crippen MR) is 50.3 cm³/mol. The molecule has 0 aliphatic carbocycles. The largest absolute Gasteiger partial charge is 0.309 e. The van der Waals surface area contributed by atoms with Gasteiger partial charge in [0.25, 0.3) is 5.92 Å². The lowest BCUT2D eigenvalue weighted by Crippen LogP contribution is -2.39. The number of hydrogen-bond donors (Lipinski definition) is 1. The molecule has 0 fully saturated rings. The van der Waals surface area contributed by atoms with Crippen molar-refractivity contribution in [3.8, 4) is 0 Å². The van der Waals surface area contributed by atoms with E-state index in [0.29, 0.717) is 0 Å². The Balaban J connectivity index is 2.41. The minimum Gasteiger partial charge on any atom is -0.309 e. The molecule has 0 bridgehead atoms. The Kier molecular flexibility index (Phi) is 3.57. The zero-order valence-corrected chi connectivity index (χ0v) is 8.37. The summed E-state index contributed by atoms with van der Waals surface area (Å²) < 4.78 is 27.7. The summed E-state index contributed by atoms with van der Waals surface area (Å²) in [6.07, 6.45) is 3.02. The molecule has 1 aromatic heterocycles. The molecule has 0 saturated carbocycles. The number of nitrogens with one attached hydrogen (secondary N) is 1. The molecule has 0 aliphatic heterocycles. The molecule has 1 N–H and O–H groups in total. The minimum atomic E-state index is -2.75. The van der Waals surface area contributed by atoms with Crippen LogP contribution in [-0.4, -0.2) is 28.3 Å². The first-order valence-electron chi connectivity index (χ1n) is 4.58. The molecule has 0 aliphatic rings. The van der Waals surface area contributed by atoms with Crippen LogP contribution in [0, 0.1) is 0 Å². The van der Waals surface area contributed by atoms with Gasteiger partial charge in [-0.1, -0.05) is 13.8 Å². The summed E-state index contributed by atoms with van der Waals surface area (Å²) in [5.74, 6) is -2.75. The van der Waals surface area contributed by atoms with Crippen molar-refractivity contribution in [3.05, 3.63) is 18.5 Å².